The Balaban J connectivity index is 1.51. The fourth-order valence-electron chi connectivity index (χ4n) is 4.31. The van der Waals surface area contributed by atoms with Crippen molar-refractivity contribution in [2.45, 2.75) is 25.0 Å². The third-order valence-electron chi connectivity index (χ3n) is 6.16. The number of hydrogen-bond donors (Lipinski definition) is 4. The highest BCUT2D eigenvalue weighted by Gasteiger charge is 2.26. The maximum Gasteiger partial charge on any atom is 0.251 e. The van der Waals surface area contributed by atoms with Gasteiger partial charge in [0, 0.05) is 5.56 Å². The number of rotatable bonds is 9. The molecule has 0 radical (unpaired) electrons. The van der Waals surface area contributed by atoms with E-state index in [1.54, 1.807) is 24.3 Å². The molecule has 0 bridgehead atoms. The van der Waals surface area contributed by atoms with E-state index < -0.39 is 29.9 Å². The molecule has 4 rings (SSSR count). The van der Waals surface area contributed by atoms with Crippen LogP contribution in [0.15, 0.2) is 91.0 Å². The third-order valence-corrected chi connectivity index (χ3v) is 6.16. The van der Waals surface area contributed by atoms with Crippen LogP contribution in [0.25, 0.3) is 10.8 Å². The lowest BCUT2D eigenvalue weighted by Crippen LogP contribution is -2.50. The molecule has 0 aromatic heterocycles. The van der Waals surface area contributed by atoms with Crippen molar-refractivity contribution < 1.29 is 19.5 Å². The molecule has 0 aliphatic rings. The molecule has 0 heterocycles. The summed E-state index contributed by atoms with van der Waals surface area (Å²) in [4.78, 5) is 36.7. The van der Waals surface area contributed by atoms with Crippen molar-refractivity contribution in [3.63, 3.8) is 0 Å². The van der Waals surface area contributed by atoms with Gasteiger partial charge in [-0.2, -0.15) is 0 Å². The highest BCUT2D eigenvalue weighted by molar-refractivity contribution is 6.07. The Morgan fingerprint density at radius 3 is 2.11 bits per heavy atom. The van der Waals surface area contributed by atoms with Crippen LogP contribution in [0.3, 0.4) is 0 Å². The van der Waals surface area contributed by atoms with Gasteiger partial charge in [0.05, 0.1) is 11.6 Å². The van der Waals surface area contributed by atoms with Crippen molar-refractivity contribution in [3.8, 4) is 0 Å². The first-order valence-corrected chi connectivity index (χ1v) is 11.5. The minimum Gasteiger partial charge on any atom is -0.381 e. The van der Waals surface area contributed by atoms with E-state index in [4.69, 9.17) is 11.5 Å². The average molecular weight is 482 g/mol. The number of benzene rings is 4. The Morgan fingerprint density at radius 2 is 1.44 bits per heavy atom. The van der Waals surface area contributed by atoms with Crippen LogP contribution in [0.1, 0.15) is 37.4 Å². The first kappa shape index (κ1) is 24.6. The maximum absolute atomic E-state index is 12.9. The summed E-state index contributed by atoms with van der Waals surface area (Å²) in [7, 11) is 0. The summed E-state index contributed by atoms with van der Waals surface area (Å²) < 4.78 is 0. The zero-order valence-corrected chi connectivity index (χ0v) is 19.6. The monoisotopic (exact) mass is 481 g/mol. The fraction of sp³-hybridized carbons (Fsp3) is 0.138. The lowest BCUT2D eigenvalue weighted by atomic mass is 9.94. The summed E-state index contributed by atoms with van der Waals surface area (Å²) in [5.41, 5.74) is 14.4. The smallest absolute Gasteiger partial charge is 0.251 e. The van der Waals surface area contributed by atoms with Crippen LogP contribution >= 0.6 is 0 Å². The number of carbonyl (C=O) groups excluding carboxylic acids is 3. The predicted octanol–water partition coefficient (Wildman–Crippen LogP) is 2.72. The van der Waals surface area contributed by atoms with E-state index in [0.29, 0.717) is 17.5 Å². The molecule has 36 heavy (non-hydrogen) atoms. The standard InChI is InChI=1S/C29H27N3O4/c30-27(34)25-22(15-14-20-8-4-5-9-23(20)25)16-19-10-12-21(13-11-19)29(36)32-24(26(33)28(31)35)17-18-6-2-1-3-7-18/h1-15,24,26,33H,16-17H2,(H2,30,34)(H2,31,35)(H,32,36). The maximum atomic E-state index is 12.9. The van der Waals surface area contributed by atoms with Crippen LogP contribution in [0.5, 0.6) is 0 Å². The number of hydrogen-bond acceptors (Lipinski definition) is 4. The summed E-state index contributed by atoms with van der Waals surface area (Å²) in [6.45, 7) is 0. The summed E-state index contributed by atoms with van der Waals surface area (Å²) in [6, 6.07) is 26.7. The van der Waals surface area contributed by atoms with Crippen LogP contribution in [-0.4, -0.2) is 35.0 Å². The Kier molecular flexibility index (Phi) is 7.42. The van der Waals surface area contributed by atoms with Crippen LogP contribution < -0.4 is 16.8 Å². The fourth-order valence-corrected chi connectivity index (χ4v) is 4.31. The zero-order chi connectivity index (χ0) is 25.7. The topological polar surface area (TPSA) is 136 Å². The minimum atomic E-state index is -1.53. The number of nitrogens with two attached hydrogens (primary N) is 2. The summed E-state index contributed by atoms with van der Waals surface area (Å²) in [6.07, 6.45) is -0.831. The normalized spacial score (nSPS) is 12.6. The van der Waals surface area contributed by atoms with Gasteiger partial charge in [-0.05, 0) is 52.4 Å². The van der Waals surface area contributed by atoms with E-state index in [1.807, 2.05) is 66.7 Å². The molecular formula is C29H27N3O4. The SMILES string of the molecule is NC(=O)c1c(Cc2ccc(C(=O)NC(Cc3ccccc3)C(O)C(N)=O)cc2)ccc2ccccc12. The van der Waals surface area contributed by atoms with Crippen molar-refractivity contribution in [1.82, 2.24) is 5.32 Å². The lowest BCUT2D eigenvalue weighted by Gasteiger charge is -2.22. The molecule has 2 unspecified atom stereocenters. The van der Waals surface area contributed by atoms with E-state index in [2.05, 4.69) is 5.32 Å². The number of fused-ring (bicyclic) bond motifs is 1. The Bertz CT molecular complexity index is 1400. The highest BCUT2D eigenvalue weighted by atomic mass is 16.3. The second kappa shape index (κ2) is 10.8. The second-order valence-corrected chi connectivity index (χ2v) is 8.68. The van der Waals surface area contributed by atoms with Gasteiger partial charge < -0.3 is 21.9 Å². The lowest BCUT2D eigenvalue weighted by molar-refractivity contribution is -0.127. The Morgan fingerprint density at radius 1 is 0.778 bits per heavy atom. The number of nitrogens with one attached hydrogen (secondary N) is 1. The highest BCUT2D eigenvalue weighted by Crippen LogP contribution is 2.24. The van der Waals surface area contributed by atoms with E-state index in [9.17, 15) is 19.5 Å². The molecule has 0 spiro atoms. The molecule has 0 saturated carbocycles. The number of aliphatic hydroxyl groups is 1. The van der Waals surface area contributed by atoms with Crippen molar-refractivity contribution >= 4 is 28.5 Å². The Hall–Kier alpha value is -4.49. The second-order valence-electron chi connectivity index (χ2n) is 8.68. The molecule has 3 amide bonds. The van der Waals surface area contributed by atoms with Gasteiger partial charge in [0.25, 0.3) is 5.91 Å². The molecule has 0 aliphatic heterocycles. The summed E-state index contributed by atoms with van der Waals surface area (Å²) >= 11 is 0. The average Bonchev–Trinajstić information content (AvgIpc) is 2.88. The minimum absolute atomic E-state index is 0.243. The molecule has 4 aromatic rings. The van der Waals surface area contributed by atoms with Crippen LogP contribution in [0.4, 0.5) is 0 Å². The third kappa shape index (κ3) is 5.59. The molecule has 6 N–H and O–H groups in total. The number of primary amides is 2. The molecule has 7 nitrogen and oxygen atoms in total. The van der Waals surface area contributed by atoms with Crippen LogP contribution in [0, 0.1) is 0 Å². The molecule has 4 aromatic carbocycles. The quantitative estimate of drug-likeness (QED) is 0.292. The first-order chi connectivity index (χ1) is 17.3. The molecule has 0 saturated heterocycles. The molecular weight excluding hydrogens is 454 g/mol. The Labute approximate surface area is 208 Å². The van der Waals surface area contributed by atoms with Gasteiger partial charge in [-0.15, -0.1) is 0 Å². The van der Waals surface area contributed by atoms with Gasteiger partial charge in [-0.1, -0.05) is 78.9 Å². The van der Waals surface area contributed by atoms with E-state index in [1.165, 1.54) is 0 Å². The molecule has 182 valence electrons. The van der Waals surface area contributed by atoms with Gasteiger partial charge in [-0.25, -0.2) is 0 Å². The van der Waals surface area contributed by atoms with Gasteiger partial charge in [0.1, 0.15) is 0 Å². The van der Waals surface area contributed by atoms with Gasteiger partial charge in [-0.3, -0.25) is 14.4 Å². The number of amides is 3. The van der Waals surface area contributed by atoms with Crippen molar-refractivity contribution in [3.05, 3.63) is 119 Å². The van der Waals surface area contributed by atoms with Crippen molar-refractivity contribution in [1.29, 1.82) is 0 Å². The molecule has 0 aliphatic carbocycles. The van der Waals surface area contributed by atoms with Crippen LogP contribution in [0.2, 0.25) is 0 Å². The first-order valence-electron chi connectivity index (χ1n) is 11.5. The van der Waals surface area contributed by atoms with Crippen molar-refractivity contribution in [2.75, 3.05) is 0 Å². The largest absolute Gasteiger partial charge is 0.381 e. The van der Waals surface area contributed by atoms with E-state index in [0.717, 1.165) is 27.5 Å². The molecule has 2 atom stereocenters. The van der Waals surface area contributed by atoms with Gasteiger partial charge in [0.2, 0.25) is 11.8 Å². The van der Waals surface area contributed by atoms with E-state index >= 15 is 0 Å². The summed E-state index contributed by atoms with van der Waals surface area (Å²) in [5, 5.41) is 14.7. The van der Waals surface area contributed by atoms with Gasteiger partial charge >= 0.3 is 0 Å². The molecule has 7 heteroatoms. The summed E-state index contributed by atoms with van der Waals surface area (Å²) in [5.74, 6) is -1.84. The number of carbonyl (C=O) groups is 3. The van der Waals surface area contributed by atoms with Gasteiger partial charge in [0.15, 0.2) is 6.10 Å². The molecule has 0 fully saturated rings. The van der Waals surface area contributed by atoms with Crippen LogP contribution in [-0.2, 0) is 17.6 Å². The predicted molar refractivity (Wildman–Crippen MR) is 138 cm³/mol. The van der Waals surface area contributed by atoms with E-state index in [-0.39, 0.29) is 6.42 Å². The number of aliphatic hydroxyl groups excluding tert-OH is 1. The zero-order valence-electron chi connectivity index (χ0n) is 19.6. The van der Waals surface area contributed by atoms with Crippen molar-refractivity contribution in [2.24, 2.45) is 11.5 Å².